The Balaban J connectivity index is 2.30. The average molecular weight is 253 g/mol. The fourth-order valence-electron chi connectivity index (χ4n) is 1.51. The third-order valence-corrected chi connectivity index (χ3v) is 2.58. The molecule has 0 saturated heterocycles. The van der Waals surface area contributed by atoms with Crippen LogP contribution in [0.25, 0.3) is 0 Å². The van der Waals surface area contributed by atoms with Gasteiger partial charge in [0.05, 0.1) is 12.6 Å². The number of ether oxygens (including phenoxy) is 1. The molecule has 3 nitrogen and oxygen atoms in total. The number of nitrogens with zero attached hydrogens (tertiary/aromatic N) is 2. The lowest BCUT2D eigenvalue weighted by Crippen LogP contribution is -2.29. The molecule has 0 aliphatic carbocycles. The van der Waals surface area contributed by atoms with Crippen molar-refractivity contribution in [2.45, 2.75) is 13.3 Å². The van der Waals surface area contributed by atoms with Crippen LogP contribution in [0.2, 0.25) is 5.02 Å². The predicted molar refractivity (Wildman–Crippen MR) is 69.3 cm³/mol. The van der Waals surface area contributed by atoms with Crippen LogP contribution < -0.4 is 4.74 Å². The molecular weight excluding hydrogens is 236 g/mol. The van der Waals surface area contributed by atoms with Gasteiger partial charge in [0.1, 0.15) is 12.4 Å². The van der Waals surface area contributed by atoms with E-state index < -0.39 is 0 Å². The van der Waals surface area contributed by atoms with Gasteiger partial charge >= 0.3 is 0 Å². The van der Waals surface area contributed by atoms with Crippen molar-refractivity contribution in [1.29, 1.82) is 5.26 Å². The summed E-state index contributed by atoms with van der Waals surface area (Å²) in [5, 5.41) is 9.37. The zero-order chi connectivity index (χ0) is 12.5. The summed E-state index contributed by atoms with van der Waals surface area (Å²) in [7, 11) is 0. The van der Waals surface area contributed by atoms with E-state index >= 15 is 0 Å². The summed E-state index contributed by atoms with van der Waals surface area (Å²) in [6.07, 6.45) is 1.04. The van der Waals surface area contributed by atoms with Crippen molar-refractivity contribution in [2.75, 3.05) is 26.2 Å². The number of hydrogen-bond acceptors (Lipinski definition) is 3. The summed E-state index contributed by atoms with van der Waals surface area (Å²) >= 11 is 5.78. The van der Waals surface area contributed by atoms with Gasteiger partial charge < -0.3 is 4.74 Å². The van der Waals surface area contributed by atoms with E-state index in [9.17, 15) is 0 Å². The normalized spacial score (nSPS) is 10.2. The molecule has 0 aliphatic rings. The highest BCUT2D eigenvalue weighted by molar-refractivity contribution is 6.30. The molecule has 0 bridgehead atoms. The van der Waals surface area contributed by atoms with Gasteiger partial charge in [-0.2, -0.15) is 5.26 Å². The van der Waals surface area contributed by atoms with E-state index in [1.54, 1.807) is 12.1 Å². The fourth-order valence-corrected chi connectivity index (χ4v) is 1.64. The highest BCUT2D eigenvalue weighted by Crippen LogP contribution is 2.15. The molecule has 17 heavy (non-hydrogen) atoms. The fraction of sp³-hybridized carbons (Fsp3) is 0.462. The number of nitriles is 1. The van der Waals surface area contributed by atoms with Crippen molar-refractivity contribution in [3.8, 4) is 11.8 Å². The van der Waals surface area contributed by atoms with Gasteiger partial charge in [0.2, 0.25) is 0 Å². The third-order valence-electron chi connectivity index (χ3n) is 2.32. The Kier molecular flexibility index (Phi) is 6.46. The molecule has 0 radical (unpaired) electrons. The van der Waals surface area contributed by atoms with Gasteiger partial charge in [-0.25, -0.2) is 0 Å². The van der Waals surface area contributed by atoms with Crippen molar-refractivity contribution in [3.05, 3.63) is 29.3 Å². The van der Waals surface area contributed by atoms with Gasteiger partial charge in [-0.05, 0) is 37.2 Å². The summed E-state index contributed by atoms with van der Waals surface area (Å²) in [4.78, 5) is 2.08. The van der Waals surface area contributed by atoms with E-state index in [1.165, 1.54) is 0 Å². The van der Waals surface area contributed by atoms with Crippen LogP contribution in [0, 0.1) is 11.3 Å². The quantitative estimate of drug-likeness (QED) is 0.700. The minimum atomic E-state index is 0.456. The van der Waals surface area contributed by atoms with Crippen LogP contribution >= 0.6 is 11.6 Å². The first-order valence-electron chi connectivity index (χ1n) is 5.74. The molecule has 0 heterocycles. The van der Waals surface area contributed by atoms with Crippen LogP contribution in [-0.4, -0.2) is 31.1 Å². The Morgan fingerprint density at radius 3 is 2.59 bits per heavy atom. The topological polar surface area (TPSA) is 36.3 Å². The number of rotatable bonds is 7. The number of benzene rings is 1. The SMILES string of the molecule is CCCN(CC#N)CCOc1ccc(Cl)cc1. The summed E-state index contributed by atoms with van der Waals surface area (Å²) in [5.74, 6) is 0.808. The van der Waals surface area contributed by atoms with Gasteiger partial charge in [-0.1, -0.05) is 18.5 Å². The van der Waals surface area contributed by atoms with Gasteiger partial charge in [0.25, 0.3) is 0 Å². The van der Waals surface area contributed by atoms with Crippen LogP contribution in [-0.2, 0) is 0 Å². The lowest BCUT2D eigenvalue weighted by molar-refractivity contribution is 0.224. The van der Waals surface area contributed by atoms with Crippen LogP contribution in [0.1, 0.15) is 13.3 Å². The van der Waals surface area contributed by atoms with E-state index in [2.05, 4.69) is 17.9 Å². The van der Waals surface area contributed by atoms with Crippen molar-refractivity contribution in [3.63, 3.8) is 0 Å². The molecule has 0 spiro atoms. The molecule has 0 unspecified atom stereocenters. The van der Waals surface area contributed by atoms with Gasteiger partial charge in [0.15, 0.2) is 0 Å². The first-order valence-corrected chi connectivity index (χ1v) is 6.11. The molecule has 1 aromatic carbocycles. The summed E-state index contributed by atoms with van der Waals surface area (Å²) in [5.41, 5.74) is 0. The second kappa shape index (κ2) is 7.94. The van der Waals surface area contributed by atoms with Gasteiger partial charge in [-0.3, -0.25) is 4.90 Å². The zero-order valence-corrected chi connectivity index (χ0v) is 10.8. The molecule has 0 saturated carbocycles. The Labute approximate surface area is 108 Å². The van der Waals surface area contributed by atoms with E-state index in [1.807, 2.05) is 12.1 Å². The molecule has 1 rings (SSSR count). The van der Waals surface area contributed by atoms with E-state index in [0.717, 1.165) is 25.3 Å². The van der Waals surface area contributed by atoms with E-state index in [0.29, 0.717) is 18.2 Å². The number of halogens is 1. The maximum atomic E-state index is 8.66. The predicted octanol–water partition coefficient (Wildman–Crippen LogP) is 2.95. The molecule has 0 fully saturated rings. The number of hydrogen-bond donors (Lipinski definition) is 0. The molecule has 1 aromatic rings. The van der Waals surface area contributed by atoms with Crippen molar-refractivity contribution < 1.29 is 4.74 Å². The molecule has 4 heteroatoms. The first-order chi connectivity index (χ1) is 8.26. The summed E-state index contributed by atoms with van der Waals surface area (Å²) < 4.78 is 5.57. The monoisotopic (exact) mass is 252 g/mol. The Bertz CT molecular complexity index is 359. The van der Waals surface area contributed by atoms with Crippen molar-refractivity contribution in [2.24, 2.45) is 0 Å². The standard InChI is InChI=1S/C13H17ClN2O/c1-2-8-16(9-7-15)10-11-17-13-5-3-12(14)4-6-13/h3-6H,2,8-11H2,1H3. The molecule has 0 N–H and O–H groups in total. The minimum absolute atomic E-state index is 0.456. The smallest absolute Gasteiger partial charge is 0.119 e. The molecule has 92 valence electrons. The maximum absolute atomic E-state index is 8.66. The second-order valence-corrected chi connectivity index (χ2v) is 4.17. The average Bonchev–Trinajstić information content (AvgIpc) is 2.32. The summed E-state index contributed by atoms with van der Waals surface area (Å²) in [6.45, 7) is 4.84. The molecule has 0 atom stereocenters. The summed E-state index contributed by atoms with van der Waals surface area (Å²) in [6, 6.07) is 9.45. The second-order valence-electron chi connectivity index (χ2n) is 3.74. The van der Waals surface area contributed by atoms with Crippen molar-refractivity contribution >= 4 is 11.6 Å². The van der Waals surface area contributed by atoms with Gasteiger partial charge in [0, 0.05) is 11.6 Å². The van der Waals surface area contributed by atoms with Crippen LogP contribution in [0.5, 0.6) is 5.75 Å². The van der Waals surface area contributed by atoms with E-state index in [-0.39, 0.29) is 0 Å². The lowest BCUT2D eigenvalue weighted by atomic mass is 10.3. The maximum Gasteiger partial charge on any atom is 0.119 e. The highest BCUT2D eigenvalue weighted by atomic mass is 35.5. The van der Waals surface area contributed by atoms with Gasteiger partial charge in [-0.15, -0.1) is 0 Å². The molecule has 0 aliphatic heterocycles. The Hall–Kier alpha value is -1.24. The zero-order valence-electron chi connectivity index (χ0n) is 10.0. The molecule has 0 amide bonds. The highest BCUT2D eigenvalue weighted by Gasteiger charge is 2.02. The Morgan fingerprint density at radius 1 is 1.29 bits per heavy atom. The minimum Gasteiger partial charge on any atom is -0.492 e. The largest absolute Gasteiger partial charge is 0.492 e. The van der Waals surface area contributed by atoms with Crippen LogP contribution in [0.3, 0.4) is 0 Å². The lowest BCUT2D eigenvalue weighted by Gasteiger charge is -2.18. The Morgan fingerprint density at radius 2 is 2.00 bits per heavy atom. The molecular formula is C13H17ClN2O. The van der Waals surface area contributed by atoms with Crippen LogP contribution in [0.15, 0.2) is 24.3 Å². The first kappa shape index (κ1) is 13.8. The molecule has 0 aromatic heterocycles. The van der Waals surface area contributed by atoms with E-state index in [4.69, 9.17) is 21.6 Å². The van der Waals surface area contributed by atoms with Crippen molar-refractivity contribution in [1.82, 2.24) is 4.90 Å². The third kappa shape index (κ3) is 5.58. The van der Waals surface area contributed by atoms with Crippen LogP contribution in [0.4, 0.5) is 0 Å².